The zero-order valence-corrected chi connectivity index (χ0v) is 15.5. The highest BCUT2D eigenvalue weighted by Gasteiger charge is 2.32. The number of piperidine rings is 1. The Balaban J connectivity index is 1.45. The minimum Gasteiger partial charge on any atom is -0.378 e. The van der Waals surface area contributed by atoms with Gasteiger partial charge in [0, 0.05) is 25.3 Å². The largest absolute Gasteiger partial charge is 0.378 e. The molecule has 0 radical (unpaired) electrons. The van der Waals surface area contributed by atoms with E-state index in [0.29, 0.717) is 31.4 Å². The summed E-state index contributed by atoms with van der Waals surface area (Å²) in [5, 5.41) is 3.00. The molecule has 5 heteroatoms. The third kappa shape index (κ3) is 5.07. The van der Waals surface area contributed by atoms with Gasteiger partial charge in [-0.1, -0.05) is 31.0 Å². The lowest BCUT2D eigenvalue weighted by Gasteiger charge is -2.34. The van der Waals surface area contributed by atoms with Gasteiger partial charge in [-0.3, -0.25) is 9.59 Å². The summed E-state index contributed by atoms with van der Waals surface area (Å²) in [7, 11) is 0. The van der Waals surface area contributed by atoms with Gasteiger partial charge >= 0.3 is 0 Å². The minimum atomic E-state index is -0.354. The maximum atomic E-state index is 12.8. The molecular weight excluding hydrogens is 328 g/mol. The lowest BCUT2D eigenvalue weighted by Crippen LogP contribution is -2.52. The Kier molecular flexibility index (Phi) is 7.06. The van der Waals surface area contributed by atoms with Gasteiger partial charge in [0.25, 0.3) is 5.91 Å². The molecular formula is C21H30N2O3. The number of ether oxygens (including phenoxy) is 1. The fourth-order valence-corrected chi connectivity index (χ4v) is 3.90. The number of hydrogen-bond donors (Lipinski definition) is 1. The van der Waals surface area contributed by atoms with Crippen LogP contribution in [0.15, 0.2) is 30.3 Å². The van der Waals surface area contributed by atoms with Gasteiger partial charge in [-0.2, -0.15) is 0 Å². The van der Waals surface area contributed by atoms with Gasteiger partial charge in [-0.05, 0) is 50.7 Å². The molecule has 1 N–H and O–H groups in total. The van der Waals surface area contributed by atoms with Crippen LogP contribution in [0.3, 0.4) is 0 Å². The summed E-state index contributed by atoms with van der Waals surface area (Å²) in [6.45, 7) is 1.95. The highest BCUT2D eigenvalue weighted by Crippen LogP contribution is 2.21. The normalized spacial score (nSPS) is 20.9. The van der Waals surface area contributed by atoms with E-state index in [9.17, 15) is 9.59 Å². The van der Waals surface area contributed by atoms with Crippen LogP contribution in [0, 0.1) is 0 Å². The average molecular weight is 358 g/mol. The number of carbonyl (C=O) groups excluding carboxylic acids is 2. The van der Waals surface area contributed by atoms with Gasteiger partial charge in [-0.15, -0.1) is 0 Å². The van der Waals surface area contributed by atoms with Crippen molar-refractivity contribution in [1.82, 2.24) is 10.2 Å². The lowest BCUT2D eigenvalue weighted by atomic mass is 10.00. The second-order valence-electron chi connectivity index (χ2n) is 7.30. The zero-order chi connectivity index (χ0) is 18.2. The Morgan fingerprint density at radius 1 is 1.04 bits per heavy atom. The molecule has 0 spiro atoms. The Bertz CT molecular complexity index is 584. The van der Waals surface area contributed by atoms with Gasteiger partial charge in [0.2, 0.25) is 5.91 Å². The fraction of sp³-hybridized carbons (Fsp3) is 0.619. The van der Waals surface area contributed by atoms with Gasteiger partial charge < -0.3 is 15.0 Å². The third-order valence-corrected chi connectivity index (χ3v) is 5.36. The number of benzene rings is 1. The van der Waals surface area contributed by atoms with Crippen molar-refractivity contribution in [2.75, 3.05) is 19.7 Å². The first kappa shape index (κ1) is 18.9. The molecule has 26 heavy (non-hydrogen) atoms. The third-order valence-electron chi connectivity index (χ3n) is 5.36. The Labute approximate surface area is 156 Å². The van der Waals surface area contributed by atoms with Crippen LogP contribution in [-0.4, -0.2) is 48.6 Å². The van der Waals surface area contributed by atoms with Crippen molar-refractivity contribution < 1.29 is 14.3 Å². The Morgan fingerprint density at radius 2 is 1.77 bits per heavy atom. The van der Waals surface area contributed by atoms with E-state index in [0.717, 1.165) is 25.7 Å². The van der Waals surface area contributed by atoms with Gasteiger partial charge in [0.15, 0.2) is 0 Å². The van der Waals surface area contributed by atoms with Crippen molar-refractivity contribution in [3.05, 3.63) is 35.9 Å². The van der Waals surface area contributed by atoms with Crippen molar-refractivity contribution in [2.45, 2.75) is 63.5 Å². The predicted octanol–water partition coefficient (Wildman–Crippen LogP) is 3.15. The molecule has 1 heterocycles. The first-order valence-electron chi connectivity index (χ1n) is 10.0. The van der Waals surface area contributed by atoms with Gasteiger partial charge in [-0.25, -0.2) is 0 Å². The van der Waals surface area contributed by atoms with Gasteiger partial charge in [0.05, 0.1) is 6.10 Å². The molecule has 2 fully saturated rings. The van der Waals surface area contributed by atoms with Crippen molar-refractivity contribution in [3.8, 4) is 0 Å². The number of nitrogens with zero attached hydrogens (tertiary/aromatic N) is 1. The molecule has 0 aromatic heterocycles. The summed E-state index contributed by atoms with van der Waals surface area (Å²) in [5.41, 5.74) is 0.650. The summed E-state index contributed by atoms with van der Waals surface area (Å²) >= 11 is 0. The Hall–Kier alpha value is -1.88. The second kappa shape index (κ2) is 9.72. The van der Waals surface area contributed by atoms with Crippen molar-refractivity contribution in [2.24, 2.45) is 0 Å². The molecule has 1 aliphatic heterocycles. The molecule has 1 atom stereocenters. The maximum absolute atomic E-state index is 12.8. The van der Waals surface area contributed by atoms with Crippen LogP contribution >= 0.6 is 0 Å². The highest BCUT2D eigenvalue weighted by atomic mass is 16.5. The zero-order valence-electron chi connectivity index (χ0n) is 15.5. The summed E-state index contributed by atoms with van der Waals surface area (Å²) in [5.74, 6) is -0.0788. The van der Waals surface area contributed by atoms with Crippen molar-refractivity contribution >= 4 is 11.8 Å². The molecule has 1 aromatic carbocycles. The van der Waals surface area contributed by atoms with Crippen molar-refractivity contribution in [1.29, 1.82) is 0 Å². The molecule has 1 aromatic rings. The van der Waals surface area contributed by atoms with Crippen LogP contribution in [0.25, 0.3) is 0 Å². The van der Waals surface area contributed by atoms with Crippen molar-refractivity contribution in [3.63, 3.8) is 0 Å². The molecule has 2 amide bonds. The summed E-state index contributed by atoms with van der Waals surface area (Å²) in [6, 6.07) is 8.88. The number of carbonyl (C=O) groups is 2. The topological polar surface area (TPSA) is 58.6 Å². The molecule has 1 saturated carbocycles. The average Bonchev–Trinajstić information content (AvgIpc) is 3.21. The second-order valence-corrected chi connectivity index (χ2v) is 7.30. The number of rotatable bonds is 7. The predicted molar refractivity (Wildman–Crippen MR) is 101 cm³/mol. The van der Waals surface area contributed by atoms with E-state index in [1.807, 2.05) is 30.3 Å². The van der Waals surface area contributed by atoms with Crippen LogP contribution in [0.2, 0.25) is 0 Å². The van der Waals surface area contributed by atoms with E-state index in [2.05, 4.69) is 5.32 Å². The number of hydrogen-bond acceptors (Lipinski definition) is 3. The number of amides is 2. The SMILES string of the molecule is O=C(NCCCOC1CCCC1)[C@H]1CCCCN1C(=O)c1ccccc1. The summed E-state index contributed by atoms with van der Waals surface area (Å²) < 4.78 is 5.83. The van der Waals surface area contributed by atoms with Crippen LogP contribution in [0.5, 0.6) is 0 Å². The highest BCUT2D eigenvalue weighted by molar-refractivity contribution is 5.97. The standard InChI is InChI=1S/C21H30N2O3/c24-20(22-14-8-16-26-18-11-4-5-12-18)19-13-6-7-15-23(19)21(25)17-9-2-1-3-10-17/h1-3,9-10,18-19H,4-8,11-16H2,(H,22,24)/t19-/m1/s1. The van der Waals surface area contributed by atoms with E-state index in [-0.39, 0.29) is 17.9 Å². The van der Waals surface area contributed by atoms with Crippen LogP contribution in [-0.2, 0) is 9.53 Å². The van der Waals surface area contributed by atoms with Crippen LogP contribution in [0.4, 0.5) is 0 Å². The van der Waals surface area contributed by atoms with E-state index in [4.69, 9.17) is 4.74 Å². The lowest BCUT2D eigenvalue weighted by molar-refractivity contribution is -0.126. The summed E-state index contributed by atoms with van der Waals surface area (Å²) in [4.78, 5) is 27.1. The minimum absolute atomic E-state index is 0.0325. The smallest absolute Gasteiger partial charge is 0.254 e. The molecule has 5 nitrogen and oxygen atoms in total. The first-order chi connectivity index (χ1) is 12.8. The molecule has 1 saturated heterocycles. The molecule has 1 aliphatic carbocycles. The molecule has 2 aliphatic rings. The van der Waals surface area contributed by atoms with Gasteiger partial charge in [0.1, 0.15) is 6.04 Å². The number of nitrogens with one attached hydrogen (secondary N) is 1. The van der Waals surface area contributed by atoms with E-state index >= 15 is 0 Å². The molecule has 0 bridgehead atoms. The quantitative estimate of drug-likeness (QED) is 0.762. The fourth-order valence-electron chi connectivity index (χ4n) is 3.90. The van der Waals surface area contributed by atoms with Crippen LogP contribution in [0.1, 0.15) is 61.7 Å². The van der Waals surface area contributed by atoms with E-state index in [1.54, 1.807) is 4.90 Å². The van der Waals surface area contributed by atoms with Crippen LogP contribution < -0.4 is 5.32 Å². The monoisotopic (exact) mass is 358 g/mol. The first-order valence-corrected chi connectivity index (χ1v) is 10.0. The maximum Gasteiger partial charge on any atom is 0.254 e. The van der Waals surface area contributed by atoms with E-state index in [1.165, 1.54) is 25.7 Å². The Morgan fingerprint density at radius 3 is 2.54 bits per heavy atom. The number of likely N-dealkylation sites (tertiary alicyclic amines) is 1. The summed E-state index contributed by atoms with van der Waals surface area (Å²) in [6.07, 6.45) is 8.81. The molecule has 3 rings (SSSR count). The molecule has 0 unspecified atom stereocenters. The molecule has 142 valence electrons. The van der Waals surface area contributed by atoms with E-state index < -0.39 is 0 Å².